The fourth-order valence-corrected chi connectivity index (χ4v) is 3.54. The normalized spacial score (nSPS) is 13.2. The van der Waals surface area contributed by atoms with Crippen LogP contribution in [0, 0.1) is 0 Å². The van der Waals surface area contributed by atoms with Crippen molar-refractivity contribution in [2.75, 3.05) is 5.32 Å². The van der Waals surface area contributed by atoms with Crippen LogP contribution in [0.4, 0.5) is 18.3 Å². The Morgan fingerprint density at radius 3 is 2.68 bits per heavy atom. The van der Waals surface area contributed by atoms with Crippen LogP contribution in [0.1, 0.15) is 11.9 Å². The van der Waals surface area contributed by atoms with Crippen LogP contribution in [0.3, 0.4) is 0 Å². The van der Waals surface area contributed by atoms with Crippen LogP contribution in [0.2, 0.25) is 0 Å². The molecule has 3 rings (SSSR count). The minimum absolute atomic E-state index is 0.185. The molecule has 0 saturated carbocycles. The third-order valence-electron chi connectivity index (χ3n) is 3.30. The fourth-order valence-electron chi connectivity index (χ4n) is 2.04. The van der Waals surface area contributed by atoms with Crippen LogP contribution in [-0.2, 0) is 18.0 Å². The predicted octanol–water partition coefficient (Wildman–Crippen LogP) is 3.56. The molecule has 0 aliphatic rings. The molecule has 0 fully saturated rings. The van der Waals surface area contributed by atoms with Crippen LogP contribution >= 0.6 is 23.1 Å². The molecule has 0 saturated heterocycles. The Hall–Kier alpha value is -2.14. The average molecular weight is 387 g/mol. The third kappa shape index (κ3) is 3.76. The molecular weight excluding hydrogens is 375 g/mol. The quantitative estimate of drug-likeness (QED) is 0.693. The van der Waals surface area contributed by atoms with Crippen molar-refractivity contribution in [3.8, 4) is 0 Å². The van der Waals surface area contributed by atoms with Crippen molar-refractivity contribution < 1.29 is 18.0 Å². The van der Waals surface area contributed by atoms with E-state index in [0.29, 0.717) is 5.16 Å². The number of aromatic nitrogens is 4. The number of thioether (sulfide) groups is 1. The summed E-state index contributed by atoms with van der Waals surface area (Å²) in [6, 6.07) is 7.54. The summed E-state index contributed by atoms with van der Waals surface area (Å²) in [6.45, 7) is 1.64. The van der Waals surface area contributed by atoms with Gasteiger partial charge in [0.2, 0.25) is 16.0 Å². The van der Waals surface area contributed by atoms with E-state index < -0.39 is 22.3 Å². The van der Waals surface area contributed by atoms with Crippen LogP contribution in [0.25, 0.3) is 11.0 Å². The Labute approximate surface area is 148 Å². The van der Waals surface area contributed by atoms with Gasteiger partial charge in [-0.1, -0.05) is 35.2 Å². The van der Waals surface area contributed by atoms with Crippen LogP contribution < -0.4 is 5.32 Å². The molecule has 0 bridgehead atoms. The average Bonchev–Trinajstić information content (AvgIpc) is 3.13. The number of anilines is 1. The molecular formula is C14H12F3N5OS2. The van der Waals surface area contributed by atoms with Gasteiger partial charge in [-0.05, 0) is 19.1 Å². The molecule has 11 heteroatoms. The highest BCUT2D eigenvalue weighted by molar-refractivity contribution is 8.00. The zero-order chi connectivity index (χ0) is 18.2. The van der Waals surface area contributed by atoms with E-state index in [1.54, 1.807) is 6.92 Å². The molecule has 3 aromatic rings. The maximum absolute atomic E-state index is 12.5. The van der Waals surface area contributed by atoms with Gasteiger partial charge in [-0.2, -0.15) is 13.2 Å². The molecule has 1 atom stereocenters. The number of fused-ring (bicyclic) bond motifs is 1. The zero-order valence-corrected chi connectivity index (χ0v) is 14.7. The Morgan fingerprint density at radius 1 is 1.32 bits per heavy atom. The van der Waals surface area contributed by atoms with E-state index >= 15 is 0 Å². The second-order valence-corrected chi connectivity index (χ2v) is 7.39. The number of nitrogens with zero attached hydrogens (tertiary/aromatic N) is 4. The monoisotopic (exact) mass is 387 g/mol. The maximum Gasteiger partial charge on any atom is 0.445 e. The van der Waals surface area contributed by atoms with Gasteiger partial charge >= 0.3 is 6.18 Å². The standard InChI is InChI=1S/C14H12F3N5OS2/c1-7(10(23)19-12-21-20-11(25-12)14(15,16)17)24-13-18-8-5-3-4-6-9(8)22(13)2/h3-7H,1-2H3,(H,19,21,23). The van der Waals surface area contributed by atoms with E-state index in [4.69, 9.17) is 0 Å². The number of hydrogen-bond donors (Lipinski definition) is 1. The Kier molecular flexibility index (Phi) is 4.69. The highest BCUT2D eigenvalue weighted by Gasteiger charge is 2.36. The summed E-state index contributed by atoms with van der Waals surface area (Å²) in [6.07, 6.45) is -4.58. The van der Waals surface area contributed by atoms with Gasteiger partial charge in [0, 0.05) is 7.05 Å². The van der Waals surface area contributed by atoms with E-state index in [1.807, 2.05) is 35.9 Å². The SMILES string of the molecule is CC(Sc1nc2ccccc2n1C)C(=O)Nc1nnc(C(F)(F)F)s1. The lowest BCUT2D eigenvalue weighted by atomic mass is 10.3. The summed E-state index contributed by atoms with van der Waals surface area (Å²) in [5, 5.41) is 7.52. The third-order valence-corrected chi connectivity index (χ3v) is 5.32. The molecule has 132 valence electrons. The summed E-state index contributed by atoms with van der Waals surface area (Å²) >= 11 is 1.50. The minimum atomic E-state index is -4.58. The largest absolute Gasteiger partial charge is 0.445 e. The van der Waals surface area contributed by atoms with Crippen LogP contribution in [0.15, 0.2) is 29.4 Å². The number of hydrogen-bond acceptors (Lipinski definition) is 6. The lowest BCUT2D eigenvalue weighted by molar-refractivity contribution is -0.138. The number of alkyl halides is 3. The molecule has 1 N–H and O–H groups in total. The number of carbonyl (C=O) groups is 1. The van der Waals surface area contributed by atoms with Crippen molar-refractivity contribution in [2.45, 2.75) is 23.5 Å². The second-order valence-electron chi connectivity index (χ2n) is 5.10. The van der Waals surface area contributed by atoms with Crippen molar-refractivity contribution in [3.05, 3.63) is 29.3 Å². The number of halogens is 3. The molecule has 2 aromatic heterocycles. The number of nitrogens with one attached hydrogen (secondary N) is 1. The van der Waals surface area contributed by atoms with E-state index in [-0.39, 0.29) is 16.5 Å². The van der Waals surface area contributed by atoms with Crippen molar-refractivity contribution in [1.82, 2.24) is 19.7 Å². The van der Waals surface area contributed by atoms with E-state index in [9.17, 15) is 18.0 Å². The zero-order valence-electron chi connectivity index (χ0n) is 13.0. The molecule has 0 aliphatic carbocycles. The Balaban J connectivity index is 1.70. The molecule has 0 radical (unpaired) electrons. The van der Waals surface area contributed by atoms with Crippen molar-refractivity contribution >= 4 is 45.2 Å². The summed E-state index contributed by atoms with van der Waals surface area (Å²) in [5.74, 6) is -0.470. The van der Waals surface area contributed by atoms with Gasteiger partial charge in [0.15, 0.2) is 5.16 Å². The summed E-state index contributed by atoms with van der Waals surface area (Å²) in [4.78, 5) is 16.6. The van der Waals surface area contributed by atoms with E-state index in [0.717, 1.165) is 11.0 Å². The van der Waals surface area contributed by atoms with Gasteiger partial charge in [-0.25, -0.2) is 4.98 Å². The number of rotatable bonds is 4. The van der Waals surface area contributed by atoms with Gasteiger partial charge in [0.05, 0.1) is 16.3 Å². The van der Waals surface area contributed by atoms with Gasteiger partial charge in [0.25, 0.3) is 0 Å². The molecule has 1 unspecified atom stereocenters. The molecule has 0 aliphatic heterocycles. The van der Waals surface area contributed by atoms with Gasteiger partial charge in [-0.3, -0.25) is 10.1 Å². The van der Waals surface area contributed by atoms with E-state index in [2.05, 4.69) is 20.5 Å². The lowest BCUT2D eigenvalue weighted by Gasteiger charge is -2.09. The molecule has 1 aromatic carbocycles. The number of aryl methyl sites for hydroxylation is 1. The molecule has 1 amide bonds. The summed E-state index contributed by atoms with van der Waals surface area (Å²) in [7, 11) is 1.84. The Bertz CT molecular complexity index is 921. The van der Waals surface area contributed by atoms with E-state index in [1.165, 1.54) is 11.8 Å². The maximum atomic E-state index is 12.5. The molecule has 6 nitrogen and oxygen atoms in total. The first kappa shape index (κ1) is 17.7. The first-order valence-electron chi connectivity index (χ1n) is 7.05. The van der Waals surface area contributed by atoms with Gasteiger partial charge in [0.1, 0.15) is 0 Å². The highest BCUT2D eigenvalue weighted by Crippen LogP contribution is 2.33. The van der Waals surface area contributed by atoms with Crippen molar-refractivity contribution in [3.63, 3.8) is 0 Å². The van der Waals surface area contributed by atoms with Crippen molar-refractivity contribution in [2.24, 2.45) is 7.05 Å². The number of carbonyl (C=O) groups excluding carboxylic acids is 1. The molecule has 2 heterocycles. The number of imidazole rings is 1. The second kappa shape index (κ2) is 6.64. The number of benzene rings is 1. The smallest absolute Gasteiger partial charge is 0.322 e. The Morgan fingerprint density at radius 2 is 2.04 bits per heavy atom. The molecule has 0 spiro atoms. The van der Waals surface area contributed by atoms with Gasteiger partial charge in [-0.15, -0.1) is 10.2 Å². The fraction of sp³-hybridized carbons (Fsp3) is 0.286. The topological polar surface area (TPSA) is 72.7 Å². The first-order valence-corrected chi connectivity index (χ1v) is 8.75. The van der Waals surface area contributed by atoms with Crippen molar-refractivity contribution in [1.29, 1.82) is 0 Å². The first-order chi connectivity index (χ1) is 11.8. The minimum Gasteiger partial charge on any atom is -0.322 e. The number of amides is 1. The van der Waals surface area contributed by atoms with Crippen LogP contribution in [0.5, 0.6) is 0 Å². The predicted molar refractivity (Wildman–Crippen MR) is 89.6 cm³/mol. The highest BCUT2D eigenvalue weighted by atomic mass is 32.2. The van der Waals surface area contributed by atoms with Gasteiger partial charge < -0.3 is 4.57 Å². The summed E-state index contributed by atoms with van der Waals surface area (Å²) in [5.41, 5.74) is 1.73. The van der Waals surface area contributed by atoms with Crippen LogP contribution in [-0.4, -0.2) is 30.9 Å². The molecule has 25 heavy (non-hydrogen) atoms. The number of para-hydroxylation sites is 2. The summed E-state index contributed by atoms with van der Waals surface area (Å²) < 4.78 is 39.4. The lowest BCUT2D eigenvalue weighted by Crippen LogP contribution is -2.22.